The highest BCUT2D eigenvalue weighted by Crippen LogP contribution is 2.34. The Morgan fingerprint density at radius 1 is 1.27 bits per heavy atom. The molecular formula is C7H12N4. The molecule has 0 radical (unpaired) electrons. The standard InChI is InChI=1S/C7H12N4/c8-7-6(9-11-10-7)5-3-1-2-4-5/h5H,1-4H2,(H3,8,9,10,11). The molecule has 1 aliphatic carbocycles. The summed E-state index contributed by atoms with van der Waals surface area (Å²) in [6.45, 7) is 0. The number of hydrogen-bond donors (Lipinski definition) is 2. The van der Waals surface area contributed by atoms with E-state index in [1.165, 1.54) is 25.7 Å². The predicted molar refractivity (Wildman–Crippen MR) is 42.0 cm³/mol. The Kier molecular flexibility index (Phi) is 1.52. The third-order valence-electron chi connectivity index (χ3n) is 2.35. The number of H-pyrrole nitrogens is 1. The summed E-state index contributed by atoms with van der Waals surface area (Å²) in [5.41, 5.74) is 6.59. The van der Waals surface area contributed by atoms with Crippen molar-refractivity contribution < 1.29 is 0 Å². The van der Waals surface area contributed by atoms with E-state index < -0.39 is 0 Å². The first-order valence-electron chi connectivity index (χ1n) is 4.04. The lowest BCUT2D eigenvalue weighted by atomic mass is 10.0. The number of nitrogens with two attached hydrogens (primary N) is 1. The Morgan fingerprint density at radius 2 is 2.00 bits per heavy atom. The van der Waals surface area contributed by atoms with Crippen LogP contribution in [-0.4, -0.2) is 15.4 Å². The van der Waals surface area contributed by atoms with Crippen LogP contribution in [0.1, 0.15) is 37.3 Å². The number of nitrogens with zero attached hydrogens (tertiary/aromatic N) is 2. The van der Waals surface area contributed by atoms with Crippen molar-refractivity contribution in [3.05, 3.63) is 5.69 Å². The van der Waals surface area contributed by atoms with E-state index in [2.05, 4.69) is 15.4 Å². The van der Waals surface area contributed by atoms with Crippen molar-refractivity contribution in [3.63, 3.8) is 0 Å². The largest absolute Gasteiger partial charge is 0.381 e. The van der Waals surface area contributed by atoms with E-state index in [9.17, 15) is 0 Å². The van der Waals surface area contributed by atoms with Crippen LogP contribution in [0.5, 0.6) is 0 Å². The fourth-order valence-electron chi connectivity index (χ4n) is 1.75. The van der Waals surface area contributed by atoms with E-state index in [0.717, 1.165) is 5.69 Å². The van der Waals surface area contributed by atoms with Gasteiger partial charge in [0.05, 0.1) is 0 Å². The second kappa shape index (κ2) is 2.53. The van der Waals surface area contributed by atoms with Gasteiger partial charge in [0.1, 0.15) is 5.69 Å². The second-order valence-corrected chi connectivity index (χ2v) is 3.08. The van der Waals surface area contributed by atoms with Gasteiger partial charge in [-0.3, -0.25) is 0 Å². The summed E-state index contributed by atoms with van der Waals surface area (Å²) in [5, 5.41) is 10.4. The average molecular weight is 152 g/mol. The maximum Gasteiger partial charge on any atom is 0.169 e. The summed E-state index contributed by atoms with van der Waals surface area (Å²) in [6.07, 6.45) is 5.04. The maximum absolute atomic E-state index is 5.62. The fraction of sp³-hybridized carbons (Fsp3) is 0.714. The number of rotatable bonds is 1. The first-order chi connectivity index (χ1) is 5.38. The molecule has 0 aliphatic heterocycles. The lowest BCUT2D eigenvalue weighted by molar-refractivity contribution is 0.694. The lowest BCUT2D eigenvalue weighted by Gasteiger charge is -2.03. The van der Waals surface area contributed by atoms with Crippen LogP contribution >= 0.6 is 0 Å². The Hall–Kier alpha value is -1.06. The minimum absolute atomic E-state index is 0.564. The summed E-state index contributed by atoms with van der Waals surface area (Å²) in [6, 6.07) is 0. The van der Waals surface area contributed by atoms with Gasteiger partial charge in [-0.05, 0) is 12.8 Å². The van der Waals surface area contributed by atoms with Gasteiger partial charge >= 0.3 is 0 Å². The van der Waals surface area contributed by atoms with Crippen LogP contribution < -0.4 is 5.73 Å². The zero-order valence-electron chi connectivity index (χ0n) is 6.38. The van der Waals surface area contributed by atoms with Crippen LogP contribution in [0.25, 0.3) is 0 Å². The van der Waals surface area contributed by atoms with Gasteiger partial charge in [0, 0.05) is 5.92 Å². The number of aromatic nitrogens is 3. The molecule has 4 nitrogen and oxygen atoms in total. The molecule has 1 fully saturated rings. The fourth-order valence-corrected chi connectivity index (χ4v) is 1.75. The summed E-state index contributed by atoms with van der Waals surface area (Å²) < 4.78 is 0. The highest BCUT2D eigenvalue weighted by molar-refractivity contribution is 5.34. The average Bonchev–Trinajstić information content (AvgIpc) is 2.55. The first-order valence-corrected chi connectivity index (χ1v) is 4.04. The van der Waals surface area contributed by atoms with Gasteiger partial charge in [-0.1, -0.05) is 12.8 Å². The summed E-state index contributed by atoms with van der Waals surface area (Å²) in [4.78, 5) is 0. The summed E-state index contributed by atoms with van der Waals surface area (Å²) in [7, 11) is 0. The van der Waals surface area contributed by atoms with Crippen molar-refractivity contribution in [2.75, 3.05) is 5.73 Å². The molecule has 2 rings (SSSR count). The molecule has 1 heterocycles. The van der Waals surface area contributed by atoms with Crippen LogP contribution in [-0.2, 0) is 0 Å². The van der Waals surface area contributed by atoms with Gasteiger partial charge in [0.2, 0.25) is 0 Å². The zero-order chi connectivity index (χ0) is 7.68. The third-order valence-corrected chi connectivity index (χ3v) is 2.35. The van der Waals surface area contributed by atoms with Crippen molar-refractivity contribution >= 4 is 5.82 Å². The predicted octanol–water partition coefficient (Wildman–Crippen LogP) is 1.04. The van der Waals surface area contributed by atoms with Crippen LogP contribution in [0.4, 0.5) is 5.82 Å². The van der Waals surface area contributed by atoms with Crippen molar-refractivity contribution in [3.8, 4) is 0 Å². The van der Waals surface area contributed by atoms with Crippen molar-refractivity contribution in [2.24, 2.45) is 0 Å². The van der Waals surface area contributed by atoms with E-state index >= 15 is 0 Å². The van der Waals surface area contributed by atoms with E-state index in [1.54, 1.807) is 0 Å². The molecule has 1 aromatic heterocycles. The molecule has 0 atom stereocenters. The summed E-state index contributed by atoms with van der Waals surface area (Å²) >= 11 is 0. The SMILES string of the molecule is Nc1n[nH]nc1C1CCCC1. The molecule has 0 bridgehead atoms. The normalized spacial score (nSPS) is 19.3. The molecule has 1 saturated carbocycles. The molecular weight excluding hydrogens is 140 g/mol. The van der Waals surface area contributed by atoms with Crippen molar-refractivity contribution in [2.45, 2.75) is 31.6 Å². The van der Waals surface area contributed by atoms with E-state index in [-0.39, 0.29) is 0 Å². The molecule has 1 aliphatic rings. The van der Waals surface area contributed by atoms with E-state index in [4.69, 9.17) is 5.73 Å². The van der Waals surface area contributed by atoms with Gasteiger partial charge in [0.25, 0.3) is 0 Å². The van der Waals surface area contributed by atoms with Gasteiger partial charge in [-0.15, -0.1) is 5.10 Å². The third kappa shape index (κ3) is 1.08. The second-order valence-electron chi connectivity index (χ2n) is 3.08. The lowest BCUT2D eigenvalue weighted by Crippen LogP contribution is -1.97. The first kappa shape index (κ1) is 6.64. The van der Waals surface area contributed by atoms with Crippen molar-refractivity contribution in [1.29, 1.82) is 0 Å². The Labute approximate surface area is 65.2 Å². The molecule has 60 valence electrons. The minimum Gasteiger partial charge on any atom is -0.381 e. The zero-order valence-corrected chi connectivity index (χ0v) is 6.38. The van der Waals surface area contributed by atoms with Gasteiger partial charge < -0.3 is 5.73 Å². The number of hydrogen-bond acceptors (Lipinski definition) is 3. The Morgan fingerprint density at radius 3 is 2.55 bits per heavy atom. The Bertz CT molecular complexity index is 236. The van der Waals surface area contributed by atoms with E-state index in [1.807, 2.05) is 0 Å². The number of aromatic amines is 1. The maximum atomic E-state index is 5.62. The molecule has 0 saturated heterocycles. The highest BCUT2D eigenvalue weighted by atomic mass is 15.3. The molecule has 3 N–H and O–H groups in total. The molecule has 0 unspecified atom stereocenters. The van der Waals surface area contributed by atoms with Crippen LogP contribution in [0.3, 0.4) is 0 Å². The van der Waals surface area contributed by atoms with Gasteiger partial charge in [-0.25, -0.2) is 0 Å². The number of nitrogen functional groups attached to an aromatic ring is 1. The smallest absolute Gasteiger partial charge is 0.169 e. The highest BCUT2D eigenvalue weighted by Gasteiger charge is 2.21. The molecule has 0 spiro atoms. The van der Waals surface area contributed by atoms with Crippen molar-refractivity contribution in [1.82, 2.24) is 15.4 Å². The molecule has 4 heteroatoms. The monoisotopic (exact) mass is 152 g/mol. The summed E-state index contributed by atoms with van der Waals surface area (Å²) in [5.74, 6) is 1.14. The minimum atomic E-state index is 0.564. The van der Waals surface area contributed by atoms with Crippen LogP contribution in [0.15, 0.2) is 0 Å². The van der Waals surface area contributed by atoms with Crippen LogP contribution in [0, 0.1) is 0 Å². The Balaban J connectivity index is 2.21. The molecule has 0 amide bonds. The number of anilines is 1. The quantitative estimate of drug-likeness (QED) is 0.631. The topological polar surface area (TPSA) is 67.6 Å². The van der Waals surface area contributed by atoms with E-state index in [0.29, 0.717) is 11.7 Å². The van der Waals surface area contributed by atoms with Crippen LogP contribution in [0.2, 0.25) is 0 Å². The molecule has 1 aromatic rings. The van der Waals surface area contributed by atoms with Gasteiger partial charge in [0.15, 0.2) is 5.82 Å². The molecule has 0 aromatic carbocycles. The number of nitrogens with one attached hydrogen (secondary N) is 1. The molecule has 11 heavy (non-hydrogen) atoms. The van der Waals surface area contributed by atoms with Gasteiger partial charge in [-0.2, -0.15) is 10.3 Å².